The Balaban J connectivity index is 1.16. The van der Waals surface area contributed by atoms with Crippen LogP contribution in [-0.4, -0.2) is 55.9 Å². The molecule has 190 valence electrons. The third kappa shape index (κ3) is 4.02. The first-order valence-electron chi connectivity index (χ1n) is 12.6. The van der Waals surface area contributed by atoms with Crippen LogP contribution in [0.25, 0.3) is 0 Å². The Bertz CT molecular complexity index is 1340. The van der Waals surface area contributed by atoms with E-state index in [4.69, 9.17) is 9.47 Å². The number of rotatable bonds is 4. The minimum atomic E-state index is -0.818. The zero-order valence-corrected chi connectivity index (χ0v) is 21.0. The average Bonchev–Trinajstić information content (AvgIpc) is 2.92. The van der Waals surface area contributed by atoms with E-state index in [1.54, 1.807) is 24.1 Å². The lowest BCUT2D eigenvalue weighted by Crippen LogP contribution is -2.65. The summed E-state index contributed by atoms with van der Waals surface area (Å²) in [4.78, 5) is 32.2. The van der Waals surface area contributed by atoms with Crippen molar-refractivity contribution in [1.29, 1.82) is 0 Å². The van der Waals surface area contributed by atoms with E-state index in [-0.39, 0.29) is 18.0 Å². The quantitative estimate of drug-likeness (QED) is 0.576. The van der Waals surface area contributed by atoms with Crippen LogP contribution in [0, 0.1) is 0 Å². The summed E-state index contributed by atoms with van der Waals surface area (Å²) in [5, 5.41) is 3.11. The molecule has 0 unspecified atom stereocenters. The number of nitrogens with one attached hydrogen (secondary N) is 1. The topological polar surface area (TPSA) is 74.4 Å². The first-order chi connectivity index (χ1) is 18.0. The van der Waals surface area contributed by atoms with Gasteiger partial charge in [0.1, 0.15) is 11.5 Å². The van der Waals surface area contributed by atoms with Crippen LogP contribution in [0.3, 0.4) is 0 Å². The summed E-state index contributed by atoms with van der Waals surface area (Å²) in [7, 11) is 1.67. The summed E-state index contributed by atoms with van der Waals surface area (Å²) < 4.78 is 11.8. The lowest BCUT2D eigenvalue weighted by atomic mass is 9.90. The highest BCUT2D eigenvalue weighted by atomic mass is 16.5. The van der Waals surface area contributed by atoms with Crippen molar-refractivity contribution in [1.82, 2.24) is 10.2 Å². The molecule has 0 saturated carbocycles. The van der Waals surface area contributed by atoms with E-state index in [9.17, 15) is 9.59 Å². The van der Waals surface area contributed by atoms with Crippen LogP contribution in [-0.2, 0) is 0 Å². The van der Waals surface area contributed by atoms with Gasteiger partial charge in [-0.1, -0.05) is 30.3 Å². The molecule has 1 N–H and O–H groups in total. The molecule has 3 aliphatic heterocycles. The van der Waals surface area contributed by atoms with Crippen molar-refractivity contribution in [3.63, 3.8) is 0 Å². The number of carbonyl (C=O) groups excluding carboxylic acids is 2. The molecular formula is C29H30N4O4. The standard InChI is InChI=1S/C29H30N4O4/c1-29-19-23(22-7-3-5-9-25(22)37-29)30-28(35)33(29)21-13-11-20(12-14-21)27(34)32-17-15-31(16-18-32)24-8-4-6-10-26(24)36-2/h3-14,23H,15-19H2,1-2H3,(H,30,35)/t23-,29+/m0/s1. The minimum Gasteiger partial charge on any atom is -0.495 e. The number of para-hydroxylation sites is 3. The fourth-order valence-electron chi connectivity index (χ4n) is 5.69. The van der Waals surface area contributed by atoms with Gasteiger partial charge in [-0.15, -0.1) is 0 Å². The Morgan fingerprint density at radius 3 is 2.43 bits per heavy atom. The Hall–Kier alpha value is -4.20. The van der Waals surface area contributed by atoms with Gasteiger partial charge in [-0.2, -0.15) is 0 Å². The molecule has 3 aromatic carbocycles. The van der Waals surface area contributed by atoms with Gasteiger partial charge in [0.05, 0.1) is 18.8 Å². The number of fused-ring (bicyclic) bond motifs is 4. The molecule has 6 rings (SSSR count). The van der Waals surface area contributed by atoms with Crippen LogP contribution in [0.5, 0.6) is 11.5 Å². The minimum absolute atomic E-state index is 0.0107. The smallest absolute Gasteiger partial charge is 0.325 e. The lowest BCUT2D eigenvalue weighted by molar-refractivity contribution is 0.0379. The van der Waals surface area contributed by atoms with Gasteiger partial charge in [0.2, 0.25) is 0 Å². The van der Waals surface area contributed by atoms with Crippen LogP contribution >= 0.6 is 0 Å². The molecule has 37 heavy (non-hydrogen) atoms. The summed E-state index contributed by atoms with van der Waals surface area (Å²) >= 11 is 0. The highest BCUT2D eigenvalue weighted by Gasteiger charge is 2.49. The fourth-order valence-corrected chi connectivity index (χ4v) is 5.69. The predicted molar refractivity (Wildman–Crippen MR) is 141 cm³/mol. The largest absolute Gasteiger partial charge is 0.495 e. The maximum atomic E-state index is 13.3. The van der Waals surface area contributed by atoms with Gasteiger partial charge in [-0.3, -0.25) is 9.69 Å². The van der Waals surface area contributed by atoms with Crippen LogP contribution < -0.4 is 24.6 Å². The monoisotopic (exact) mass is 498 g/mol. The van der Waals surface area contributed by atoms with Crippen LogP contribution in [0.15, 0.2) is 72.8 Å². The number of amides is 3. The van der Waals surface area contributed by atoms with Gasteiger partial charge < -0.3 is 24.6 Å². The second-order valence-electron chi connectivity index (χ2n) is 9.85. The SMILES string of the molecule is COc1ccccc1N1CCN(C(=O)c2ccc(N3C(=O)N[C@H]4C[C@@]3(C)Oc3ccccc34)cc2)CC1. The molecule has 3 aliphatic rings. The van der Waals surface area contributed by atoms with E-state index in [0.29, 0.717) is 30.8 Å². The molecule has 8 nitrogen and oxygen atoms in total. The second kappa shape index (κ2) is 9.03. The highest BCUT2D eigenvalue weighted by Crippen LogP contribution is 2.45. The molecule has 0 aliphatic carbocycles. The number of urea groups is 1. The average molecular weight is 499 g/mol. The van der Waals surface area contributed by atoms with Crippen molar-refractivity contribution < 1.29 is 19.1 Å². The maximum absolute atomic E-state index is 13.3. The Labute approximate surface area is 216 Å². The Morgan fingerprint density at radius 1 is 0.973 bits per heavy atom. The van der Waals surface area contributed by atoms with E-state index < -0.39 is 5.72 Å². The summed E-state index contributed by atoms with van der Waals surface area (Å²) in [5.74, 6) is 1.61. The number of anilines is 2. The van der Waals surface area contributed by atoms with Gasteiger partial charge in [0.25, 0.3) is 5.91 Å². The summed E-state index contributed by atoms with van der Waals surface area (Å²) in [6.45, 7) is 4.65. The normalized spacial score (nSPS) is 22.6. The molecule has 3 amide bonds. The van der Waals surface area contributed by atoms with E-state index in [1.165, 1.54) is 0 Å². The third-order valence-corrected chi connectivity index (χ3v) is 7.55. The summed E-state index contributed by atoms with van der Waals surface area (Å²) in [6.07, 6.45) is 0.632. The van der Waals surface area contributed by atoms with Crippen molar-refractivity contribution in [3.8, 4) is 11.5 Å². The van der Waals surface area contributed by atoms with Gasteiger partial charge >= 0.3 is 6.03 Å². The molecule has 2 bridgehead atoms. The number of ether oxygens (including phenoxy) is 2. The number of methoxy groups -OCH3 is 1. The van der Waals surface area contributed by atoms with Crippen LogP contribution in [0.2, 0.25) is 0 Å². The Morgan fingerprint density at radius 2 is 1.68 bits per heavy atom. The zero-order valence-electron chi connectivity index (χ0n) is 21.0. The van der Waals surface area contributed by atoms with Gasteiger partial charge in [-0.05, 0) is 49.4 Å². The van der Waals surface area contributed by atoms with E-state index in [2.05, 4.69) is 10.2 Å². The molecule has 2 fully saturated rings. The molecule has 2 atom stereocenters. The van der Waals surface area contributed by atoms with Crippen LogP contribution in [0.4, 0.5) is 16.2 Å². The first-order valence-corrected chi connectivity index (χ1v) is 12.6. The van der Waals surface area contributed by atoms with Crippen molar-refractivity contribution in [2.45, 2.75) is 25.1 Å². The zero-order chi connectivity index (χ0) is 25.6. The number of piperazine rings is 1. The van der Waals surface area contributed by atoms with Crippen molar-refractivity contribution in [2.75, 3.05) is 43.1 Å². The van der Waals surface area contributed by atoms with Crippen molar-refractivity contribution >= 4 is 23.3 Å². The first kappa shape index (κ1) is 23.2. The fraction of sp³-hybridized carbons (Fsp3) is 0.310. The molecule has 2 saturated heterocycles. The summed E-state index contributed by atoms with van der Waals surface area (Å²) in [5.41, 5.74) is 2.52. The van der Waals surface area contributed by atoms with E-state index >= 15 is 0 Å². The predicted octanol–water partition coefficient (Wildman–Crippen LogP) is 4.43. The third-order valence-electron chi connectivity index (χ3n) is 7.55. The van der Waals surface area contributed by atoms with Crippen molar-refractivity contribution in [3.05, 3.63) is 83.9 Å². The lowest BCUT2D eigenvalue weighted by Gasteiger charge is -2.50. The number of hydrogen-bond donors (Lipinski definition) is 1. The summed E-state index contributed by atoms with van der Waals surface area (Å²) in [6, 6.07) is 22.7. The highest BCUT2D eigenvalue weighted by molar-refractivity contribution is 5.97. The van der Waals surface area contributed by atoms with Crippen molar-refractivity contribution in [2.24, 2.45) is 0 Å². The molecule has 3 aromatic rings. The molecular weight excluding hydrogens is 468 g/mol. The van der Waals surface area contributed by atoms with Gasteiger partial charge in [-0.25, -0.2) is 4.79 Å². The molecule has 0 spiro atoms. The molecule has 0 aromatic heterocycles. The van der Waals surface area contributed by atoms with E-state index in [1.807, 2.05) is 72.5 Å². The molecule has 0 radical (unpaired) electrons. The number of hydrogen-bond acceptors (Lipinski definition) is 5. The Kier molecular flexibility index (Phi) is 5.67. The number of nitrogens with zero attached hydrogens (tertiary/aromatic N) is 3. The second-order valence-corrected chi connectivity index (χ2v) is 9.85. The molecule has 8 heteroatoms. The van der Waals surface area contributed by atoms with Gasteiger partial charge in [0, 0.05) is 49.4 Å². The van der Waals surface area contributed by atoms with E-state index in [0.717, 1.165) is 35.8 Å². The number of carbonyl (C=O) groups is 2. The van der Waals surface area contributed by atoms with Crippen LogP contribution in [0.1, 0.15) is 35.3 Å². The molecule has 3 heterocycles. The van der Waals surface area contributed by atoms with Gasteiger partial charge in [0.15, 0.2) is 5.72 Å². The number of benzene rings is 3. The maximum Gasteiger partial charge on any atom is 0.325 e.